The molecule has 0 fully saturated rings. The molecule has 1 aromatic heterocycles. The van der Waals surface area contributed by atoms with E-state index in [0.29, 0.717) is 17.4 Å². The lowest BCUT2D eigenvalue weighted by Gasteiger charge is -2.20. The van der Waals surface area contributed by atoms with Crippen molar-refractivity contribution in [3.63, 3.8) is 0 Å². The predicted molar refractivity (Wildman–Crippen MR) is 100 cm³/mol. The molecular formula is C20H21N3O3. The molecule has 0 bridgehead atoms. The molecule has 0 radical (unpaired) electrons. The van der Waals surface area contributed by atoms with E-state index in [4.69, 9.17) is 4.74 Å². The molecule has 0 atom stereocenters. The molecule has 26 heavy (non-hydrogen) atoms. The third kappa shape index (κ3) is 3.59. The Morgan fingerprint density at radius 1 is 1.23 bits per heavy atom. The molecule has 0 aliphatic carbocycles. The lowest BCUT2D eigenvalue weighted by atomic mass is 10.1. The molecule has 0 saturated carbocycles. The number of rotatable bonds is 5. The van der Waals surface area contributed by atoms with E-state index in [9.17, 15) is 9.59 Å². The van der Waals surface area contributed by atoms with Crippen LogP contribution in [0.2, 0.25) is 0 Å². The van der Waals surface area contributed by atoms with Gasteiger partial charge in [-0.25, -0.2) is 4.98 Å². The summed E-state index contributed by atoms with van der Waals surface area (Å²) >= 11 is 0. The highest BCUT2D eigenvalue weighted by Crippen LogP contribution is 2.21. The van der Waals surface area contributed by atoms with Crippen molar-refractivity contribution in [3.05, 3.63) is 70.3 Å². The zero-order valence-corrected chi connectivity index (χ0v) is 15.1. The number of hydrogen-bond acceptors (Lipinski definition) is 4. The van der Waals surface area contributed by atoms with Gasteiger partial charge < -0.3 is 9.64 Å². The quantitative estimate of drug-likeness (QED) is 0.708. The third-order valence-corrected chi connectivity index (χ3v) is 4.31. The van der Waals surface area contributed by atoms with E-state index in [1.165, 1.54) is 10.9 Å². The Bertz CT molecular complexity index is 1010. The number of para-hydroxylation sites is 1. The lowest BCUT2D eigenvalue weighted by molar-refractivity contribution is -0.131. The van der Waals surface area contributed by atoms with Crippen LogP contribution in [0.4, 0.5) is 0 Å². The molecule has 0 aliphatic rings. The van der Waals surface area contributed by atoms with Crippen molar-refractivity contribution in [3.8, 4) is 5.75 Å². The SMILES string of the molecule is COc1ccc(C)cc1CN(C)C(=O)Cn1cnc2ccccc2c1=O. The van der Waals surface area contributed by atoms with Gasteiger partial charge in [0.15, 0.2) is 0 Å². The van der Waals surface area contributed by atoms with Gasteiger partial charge in [0.05, 0.1) is 24.3 Å². The molecule has 0 N–H and O–H groups in total. The van der Waals surface area contributed by atoms with Crippen LogP contribution in [0.3, 0.4) is 0 Å². The first-order chi connectivity index (χ1) is 12.5. The van der Waals surface area contributed by atoms with Gasteiger partial charge in [-0.1, -0.05) is 29.8 Å². The topological polar surface area (TPSA) is 64.4 Å². The number of ether oxygens (including phenoxy) is 1. The van der Waals surface area contributed by atoms with Gasteiger partial charge in [0, 0.05) is 19.2 Å². The van der Waals surface area contributed by atoms with Crippen LogP contribution in [0.5, 0.6) is 5.75 Å². The number of likely N-dealkylation sites (N-methyl/N-ethyl adjacent to an activating group) is 1. The van der Waals surface area contributed by atoms with Crippen molar-refractivity contribution in [1.29, 1.82) is 0 Å². The number of carbonyl (C=O) groups is 1. The van der Waals surface area contributed by atoms with E-state index in [2.05, 4.69) is 4.98 Å². The van der Waals surface area contributed by atoms with Crippen molar-refractivity contribution in [1.82, 2.24) is 14.5 Å². The van der Waals surface area contributed by atoms with Crippen LogP contribution < -0.4 is 10.3 Å². The summed E-state index contributed by atoms with van der Waals surface area (Å²) in [5.41, 5.74) is 2.42. The largest absolute Gasteiger partial charge is 0.496 e. The van der Waals surface area contributed by atoms with Crippen molar-refractivity contribution >= 4 is 16.8 Å². The number of aryl methyl sites for hydroxylation is 1. The summed E-state index contributed by atoms with van der Waals surface area (Å²) in [7, 11) is 3.32. The summed E-state index contributed by atoms with van der Waals surface area (Å²) in [5, 5.41) is 0.505. The van der Waals surface area contributed by atoms with E-state index in [0.717, 1.165) is 16.9 Å². The number of aromatic nitrogens is 2. The molecule has 3 aromatic rings. The molecule has 6 nitrogen and oxygen atoms in total. The van der Waals surface area contributed by atoms with Crippen LogP contribution in [0.25, 0.3) is 10.9 Å². The van der Waals surface area contributed by atoms with E-state index in [-0.39, 0.29) is 18.0 Å². The van der Waals surface area contributed by atoms with Gasteiger partial charge in [-0.15, -0.1) is 0 Å². The van der Waals surface area contributed by atoms with Crippen molar-refractivity contribution in [2.45, 2.75) is 20.0 Å². The fourth-order valence-electron chi connectivity index (χ4n) is 2.86. The first-order valence-corrected chi connectivity index (χ1v) is 8.31. The zero-order valence-electron chi connectivity index (χ0n) is 15.1. The number of benzene rings is 2. The van der Waals surface area contributed by atoms with Crippen LogP contribution in [0, 0.1) is 6.92 Å². The minimum atomic E-state index is -0.217. The average Bonchev–Trinajstić information content (AvgIpc) is 2.64. The molecular weight excluding hydrogens is 330 g/mol. The van der Waals surface area contributed by atoms with E-state index in [1.54, 1.807) is 37.3 Å². The predicted octanol–water partition coefficient (Wildman–Crippen LogP) is 2.37. The maximum atomic E-state index is 12.6. The van der Waals surface area contributed by atoms with Gasteiger partial charge in [-0.05, 0) is 25.1 Å². The number of hydrogen-bond donors (Lipinski definition) is 0. The fourth-order valence-corrected chi connectivity index (χ4v) is 2.86. The van der Waals surface area contributed by atoms with Crippen LogP contribution in [-0.4, -0.2) is 34.5 Å². The maximum absolute atomic E-state index is 12.6. The van der Waals surface area contributed by atoms with Crippen molar-refractivity contribution in [2.24, 2.45) is 0 Å². The fraction of sp³-hybridized carbons (Fsp3) is 0.250. The third-order valence-electron chi connectivity index (χ3n) is 4.31. The van der Waals surface area contributed by atoms with Gasteiger partial charge in [-0.3, -0.25) is 14.2 Å². The number of fused-ring (bicyclic) bond motifs is 1. The first kappa shape index (κ1) is 17.7. The van der Waals surface area contributed by atoms with Crippen LogP contribution in [0.1, 0.15) is 11.1 Å². The molecule has 0 saturated heterocycles. The second-order valence-corrected chi connectivity index (χ2v) is 6.26. The number of methoxy groups -OCH3 is 1. The summed E-state index contributed by atoms with van der Waals surface area (Å²) in [6, 6.07) is 12.9. The lowest BCUT2D eigenvalue weighted by Crippen LogP contribution is -2.33. The normalized spacial score (nSPS) is 10.7. The second kappa shape index (κ2) is 7.39. The van der Waals surface area contributed by atoms with Gasteiger partial charge >= 0.3 is 0 Å². The molecule has 0 unspecified atom stereocenters. The Labute approximate surface area is 151 Å². The number of carbonyl (C=O) groups excluding carboxylic acids is 1. The Morgan fingerprint density at radius 3 is 2.77 bits per heavy atom. The minimum Gasteiger partial charge on any atom is -0.496 e. The second-order valence-electron chi connectivity index (χ2n) is 6.26. The Balaban J connectivity index is 1.79. The number of amides is 1. The smallest absolute Gasteiger partial charge is 0.261 e. The van der Waals surface area contributed by atoms with Gasteiger partial charge in [0.1, 0.15) is 12.3 Å². The van der Waals surface area contributed by atoms with Crippen LogP contribution in [-0.2, 0) is 17.9 Å². The minimum absolute atomic E-state index is 0.0543. The van der Waals surface area contributed by atoms with Crippen LogP contribution in [0.15, 0.2) is 53.6 Å². The summed E-state index contributed by atoms with van der Waals surface area (Å²) in [6.45, 7) is 2.34. The van der Waals surface area contributed by atoms with E-state index < -0.39 is 0 Å². The van der Waals surface area contributed by atoms with E-state index >= 15 is 0 Å². The van der Waals surface area contributed by atoms with E-state index in [1.807, 2.05) is 31.2 Å². The zero-order chi connectivity index (χ0) is 18.7. The van der Waals surface area contributed by atoms with Crippen molar-refractivity contribution in [2.75, 3.05) is 14.2 Å². The standard InChI is InChI=1S/C20H21N3O3/c1-14-8-9-18(26-3)15(10-14)11-22(2)19(24)12-23-13-21-17-7-5-4-6-16(17)20(23)25/h4-10,13H,11-12H2,1-3H3. The molecule has 0 spiro atoms. The summed E-state index contributed by atoms with van der Waals surface area (Å²) < 4.78 is 6.71. The molecule has 0 aliphatic heterocycles. The molecule has 1 amide bonds. The monoisotopic (exact) mass is 351 g/mol. The number of nitrogens with zero attached hydrogens (tertiary/aromatic N) is 3. The van der Waals surface area contributed by atoms with Gasteiger partial charge in [0.25, 0.3) is 5.56 Å². The van der Waals surface area contributed by atoms with Crippen molar-refractivity contribution < 1.29 is 9.53 Å². The summed E-state index contributed by atoms with van der Waals surface area (Å²) in [5.74, 6) is 0.563. The molecule has 134 valence electrons. The highest BCUT2D eigenvalue weighted by atomic mass is 16.5. The Hall–Kier alpha value is -3.15. The molecule has 3 rings (SSSR count). The first-order valence-electron chi connectivity index (χ1n) is 8.31. The van der Waals surface area contributed by atoms with Gasteiger partial charge in [0.2, 0.25) is 5.91 Å². The Kier molecular flexibility index (Phi) is 5.02. The molecule has 6 heteroatoms. The highest BCUT2D eigenvalue weighted by Gasteiger charge is 2.14. The summed E-state index contributed by atoms with van der Waals surface area (Å²) in [6.07, 6.45) is 1.42. The highest BCUT2D eigenvalue weighted by molar-refractivity contribution is 5.78. The average molecular weight is 351 g/mol. The van der Waals surface area contributed by atoms with Crippen LogP contribution >= 0.6 is 0 Å². The van der Waals surface area contributed by atoms with Gasteiger partial charge in [-0.2, -0.15) is 0 Å². The summed E-state index contributed by atoms with van der Waals surface area (Å²) in [4.78, 5) is 30.9. The molecule has 1 heterocycles. The maximum Gasteiger partial charge on any atom is 0.261 e. The Morgan fingerprint density at radius 2 is 2.00 bits per heavy atom. The molecule has 2 aromatic carbocycles.